The van der Waals surface area contributed by atoms with E-state index in [2.05, 4.69) is 44.3 Å². The molecule has 1 aliphatic rings. The molecule has 0 bridgehead atoms. The van der Waals surface area contributed by atoms with Crippen molar-refractivity contribution < 1.29 is 4.74 Å². The Hall–Kier alpha value is -1.02. The first kappa shape index (κ1) is 14.4. The van der Waals surface area contributed by atoms with Gasteiger partial charge in [-0.25, -0.2) is 0 Å². The van der Waals surface area contributed by atoms with Gasteiger partial charge in [-0.15, -0.1) is 0 Å². The highest BCUT2D eigenvalue weighted by Gasteiger charge is 2.41. The van der Waals surface area contributed by atoms with Crippen molar-refractivity contribution in [3.05, 3.63) is 29.8 Å². The predicted octanol–water partition coefficient (Wildman–Crippen LogP) is 3.65. The molecule has 1 atom stereocenters. The van der Waals surface area contributed by atoms with Crippen LogP contribution in [0.2, 0.25) is 0 Å². The van der Waals surface area contributed by atoms with E-state index >= 15 is 0 Å². The van der Waals surface area contributed by atoms with Gasteiger partial charge in [0.25, 0.3) is 0 Å². The molecule has 1 aromatic rings. The molecule has 0 aliphatic heterocycles. The van der Waals surface area contributed by atoms with Crippen molar-refractivity contribution >= 4 is 0 Å². The van der Waals surface area contributed by atoms with E-state index in [1.807, 2.05) is 6.07 Å². The summed E-state index contributed by atoms with van der Waals surface area (Å²) in [4.78, 5) is 0. The van der Waals surface area contributed by atoms with Gasteiger partial charge in [0.2, 0.25) is 0 Å². The lowest BCUT2D eigenvalue weighted by atomic mass is 9.78. The standard InChI is InChI=1S/C17H27NO/c1-13(2)18-12-17(3,15-8-9-15)11-14-6-5-7-16(10-14)19-4/h5-7,10,13,15,18H,8-9,11-12H2,1-4H3. The Kier molecular flexibility index (Phi) is 4.51. The highest BCUT2D eigenvalue weighted by atomic mass is 16.5. The molecule has 19 heavy (non-hydrogen) atoms. The van der Waals surface area contributed by atoms with Crippen molar-refractivity contribution in [3.8, 4) is 5.75 Å². The summed E-state index contributed by atoms with van der Waals surface area (Å²) in [7, 11) is 1.74. The summed E-state index contributed by atoms with van der Waals surface area (Å²) >= 11 is 0. The van der Waals surface area contributed by atoms with Crippen molar-refractivity contribution in [2.45, 2.75) is 46.1 Å². The second-order valence-electron chi connectivity index (χ2n) is 6.49. The molecule has 1 fully saturated rings. The molecule has 1 aliphatic carbocycles. The maximum Gasteiger partial charge on any atom is 0.119 e. The number of benzene rings is 1. The third-order valence-corrected chi connectivity index (χ3v) is 4.22. The Morgan fingerprint density at radius 1 is 1.37 bits per heavy atom. The van der Waals surface area contributed by atoms with Crippen molar-refractivity contribution in [2.24, 2.45) is 11.3 Å². The van der Waals surface area contributed by atoms with E-state index in [1.54, 1.807) is 7.11 Å². The highest BCUT2D eigenvalue weighted by molar-refractivity contribution is 5.29. The zero-order valence-electron chi connectivity index (χ0n) is 12.7. The Balaban J connectivity index is 2.06. The maximum atomic E-state index is 5.33. The molecule has 0 amide bonds. The molecule has 2 rings (SSSR count). The summed E-state index contributed by atoms with van der Waals surface area (Å²) in [5.41, 5.74) is 1.76. The van der Waals surface area contributed by atoms with Crippen molar-refractivity contribution in [3.63, 3.8) is 0 Å². The van der Waals surface area contributed by atoms with Crippen LogP contribution in [0, 0.1) is 11.3 Å². The average molecular weight is 261 g/mol. The van der Waals surface area contributed by atoms with Crippen LogP contribution in [0.5, 0.6) is 5.75 Å². The van der Waals surface area contributed by atoms with Gasteiger partial charge in [-0.1, -0.05) is 32.9 Å². The summed E-state index contributed by atoms with van der Waals surface area (Å²) in [5, 5.41) is 3.63. The SMILES string of the molecule is COc1cccc(CC(C)(CNC(C)C)C2CC2)c1. The van der Waals surface area contributed by atoms with Crippen LogP contribution in [0.25, 0.3) is 0 Å². The molecule has 1 aromatic carbocycles. The van der Waals surface area contributed by atoms with Gasteiger partial charge in [-0.2, -0.15) is 0 Å². The monoisotopic (exact) mass is 261 g/mol. The van der Waals surface area contributed by atoms with Crippen molar-refractivity contribution in [1.82, 2.24) is 5.32 Å². The summed E-state index contributed by atoms with van der Waals surface area (Å²) in [6, 6.07) is 9.07. The topological polar surface area (TPSA) is 21.3 Å². The Morgan fingerprint density at radius 3 is 2.68 bits per heavy atom. The minimum atomic E-state index is 0.372. The minimum Gasteiger partial charge on any atom is -0.497 e. The molecule has 0 aromatic heterocycles. The lowest BCUT2D eigenvalue weighted by Crippen LogP contribution is -2.38. The summed E-state index contributed by atoms with van der Waals surface area (Å²) < 4.78 is 5.33. The number of hydrogen-bond donors (Lipinski definition) is 1. The van der Waals surface area contributed by atoms with E-state index in [0.29, 0.717) is 11.5 Å². The normalized spacial score (nSPS) is 18.4. The van der Waals surface area contributed by atoms with Crippen molar-refractivity contribution in [1.29, 1.82) is 0 Å². The third-order valence-electron chi connectivity index (χ3n) is 4.22. The number of hydrogen-bond acceptors (Lipinski definition) is 2. The lowest BCUT2D eigenvalue weighted by Gasteiger charge is -2.31. The van der Waals surface area contributed by atoms with Crippen LogP contribution in [0.15, 0.2) is 24.3 Å². The Bertz CT molecular complexity index is 411. The lowest BCUT2D eigenvalue weighted by molar-refractivity contribution is 0.248. The van der Waals surface area contributed by atoms with Gasteiger partial charge in [0.1, 0.15) is 5.75 Å². The number of nitrogens with one attached hydrogen (secondary N) is 1. The van der Waals surface area contributed by atoms with Crippen LogP contribution in [-0.2, 0) is 6.42 Å². The van der Waals surface area contributed by atoms with Gasteiger partial charge in [0.15, 0.2) is 0 Å². The molecule has 2 nitrogen and oxygen atoms in total. The third kappa shape index (κ3) is 3.97. The first-order valence-electron chi connectivity index (χ1n) is 7.40. The number of rotatable bonds is 7. The van der Waals surface area contributed by atoms with Gasteiger partial charge < -0.3 is 10.1 Å². The van der Waals surface area contributed by atoms with Crippen LogP contribution in [0.4, 0.5) is 0 Å². The number of ether oxygens (including phenoxy) is 1. The van der Waals surface area contributed by atoms with Gasteiger partial charge in [0.05, 0.1) is 7.11 Å². The van der Waals surface area contributed by atoms with E-state index in [0.717, 1.165) is 24.6 Å². The van der Waals surface area contributed by atoms with Gasteiger partial charge in [-0.3, -0.25) is 0 Å². The van der Waals surface area contributed by atoms with Gasteiger partial charge in [0, 0.05) is 12.6 Å². The molecule has 106 valence electrons. The molecular weight excluding hydrogens is 234 g/mol. The fourth-order valence-electron chi connectivity index (χ4n) is 2.82. The predicted molar refractivity (Wildman–Crippen MR) is 80.7 cm³/mol. The van der Waals surface area contributed by atoms with E-state index in [-0.39, 0.29) is 0 Å². The second kappa shape index (κ2) is 5.96. The fourth-order valence-corrected chi connectivity index (χ4v) is 2.82. The summed E-state index contributed by atoms with van der Waals surface area (Å²) in [5.74, 6) is 1.84. The fraction of sp³-hybridized carbons (Fsp3) is 0.647. The quantitative estimate of drug-likeness (QED) is 0.809. The van der Waals surface area contributed by atoms with Crippen LogP contribution < -0.4 is 10.1 Å². The largest absolute Gasteiger partial charge is 0.497 e. The highest BCUT2D eigenvalue weighted by Crippen LogP contribution is 2.47. The second-order valence-corrected chi connectivity index (χ2v) is 6.49. The minimum absolute atomic E-state index is 0.372. The zero-order valence-corrected chi connectivity index (χ0v) is 12.7. The van der Waals surface area contributed by atoms with E-state index < -0.39 is 0 Å². The molecule has 0 saturated heterocycles. The summed E-state index contributed by atoms with van der Waals surface area (Å²) in [6.07, 6.45) is 3.91. The molecule has 1 N–H and O–H groups in total. The Labute approximate surface area is 117 Å². The zero-order chi connectivity index (χ0) is 13.9. The molecule has 1 saturated carbocycles. The Morgan fingerprint density at radius 2 is 2.11 bits per heavy atom. The van der Waals surface area contributed by atoms with Crippen LogP contribution >= 0.6 is 0 Å². The number of methoxy groups -OCH3 is 1. The molecule has 1 unspecified atom stereocenters. The first-order valence-corrected chi connectivity index (χ1v) is 7.40. The van der Waals surface area contributed by atoms with Gasteiger partial charge >= 0.3 is 0 Å². The molecule has 2 heteroatoms. The molecule has 0 spiro atoms. The van der Waals surface area contributed by atoms with Crippen LogP contribution in [0.1, 0.15) is 39.2 Å². The molecular formula is C17H27NO. The first-order chi connectivity index (χ1) is 9.03. The summed E-state index contributed by atoms with van der Waals surface area (Å²) in [6.45, 7) is 7.98. The smallest absolute Gasteiger partial charge is 0.119 e. The maximum absolute atomic E-state index is 5.33. The van der Waals surface area contributed by atoms with Crippen LogP contribution in [-0.4, -0.2) is 19.7 Å². The van der Waals surface area contributed by atoms with Gasteiger partial charge in [-0.05, 0) is 48.3 Å². The molecule has 0 radical (unpaired) electrons. The van der Waals surface area contributed by atoms with E-state index in [4.69, 9.17) is 4.74 Å². The average Bonchev–Trinajstić information content (AvgIpc) is 3.21. The van der Waals surface area contributed by atoms with Crippen molar-refractivity contribution in [2.75, 3.05) is 13.7 Å². The van der Waals surface area contributed by atoms with Crippen LogP contribution in [0.3, 0.4) is 0 Å². The molecule has 0 heterocycles. The van der Waals surface area contributed by atoms with E-state index in [1.165, 1.54) is 18.4 Å². The van der Waals surface area contributed by atoms with E-state index in [9.17, 15) is 0 Å².